The van der Waals surface area contributed by atoms with Crippen LogP contribution >= 0.6 is 0 Å². The summed E-state index contributed by atoms with van der Waals surface area (Å²) in [5.74, 6) is -4.57. The molecule has 2 aromatic carbocycles. The Hall–Kier alpha value is -4.13. The van der Waals surface area contributed by atoms with E-state index < -0.39 is 29.0 Å². The van der Waals surface area contributed by atoms with Gasteiger partial charge in [0.05, 0.1) is 36.1 Å². The molecule has 5 rings (SSSR count). The lowest BCUT2D eigenvalue weighted by Crippen LogP contribution is -2.47. The Morgan fingerprint density at radius 3 is 2.60 bits per heavy atom. The predicted octanol–water partition coefficient (Wildman–Crippen LogP) is 4.65. The highest BCUT2D eigenvalue weighted by molar-refractivity contribution is 6.13. The van der Waals surface area contributed by atoms with Gasteiger partial charge >= 0.3 is 5.92 Å². The lowest BCUT2D eigenvalue weighted by Gasteiger charge is -2.34. The summed E-state index contributed by atoms with van der Waals surface area (Å²) < 4.78 is 44.5. The zero-order valence-corrected chi connectivity index (χ0v) is 18.6. The van der Waals surface area contributed by atoms with E-state index in [2.05, 4.69) is 10.4 Å². The molecular formula is C25H20F3N5O2. The van der Waals surface area contributed by atoms with E-state index in [1.165, 1.54) is 34.0 Å². The van der Waals surface area contributed by atoms with Gasteiger partial charge in [-0.15, -0.1) is 0 Å². The Morgan fingerprint density at radius 1 is 1.23 bits per heavy atom. The molecule has 1 saturated carbocycles. The van der Waals surface area contributed by atoms with Crippen LogP contribution in [-0.4, -0.2) is 33.3 Å². The van der Waals surface area contributed by atoms with Gasteiger partial charge in [0.1, 0.15) is 5.69 Å². The monoisotopic (exact) mass is 479 g/mol. The SMILES string of the molecule is CC1Cn2ncc(NC(=O)c3cccc(C#N)c3)c2C(=O)N1c1ccc(C(F)(F)C2(F)CC2)cc1. The van der Waals surface area contributed by atoms with Crippen molar-refractivity contribution >= 4 is 23.2 Å². The summed E-state index contributed by atoms with van der Waals surface area (Å²) >= 11 is 0. The minimum Gasteiger partial charge on any atom is -0.319 e. The summed E-state index contributed by atoms with van der Waals surface area (Å²) in [4.78, 5) is 27.6. The normalized spacial score (nSPS) is 18.5. The number of benzene rings is 2. The highest BCUT2D eigenvalue weighted by Gasteiger charge is 2.64. The fourth-order valence-corrected chi connectivity index (χ4v) is 4.30. The summed E-state index contributed by atoms with van der Waals surface area (Å²) in [6, 6.07) is 12.8. The number of nitriles is 1. The summed E-state index contributed by atoms with van der Waals surface area (Å²) in [5, 5.41) is 15.9. The maximum Gasteiger partial charge on any atom is 0.306 e. The first-order valence-electron chi connectivity index (χ1n) is 11.0. The number of rotatable bonds is 5. The molecule has 178 valence electrons. The molecule has 2 amide bonds. The summed E-state index contributed by atoms with van der Waals surface area (Å²) in [6.07, 6.45) is 1.01. The smallest absolute Gasteiger partial charge is 0.306 e. The van der Waals surface area contributed by atoms with E-state index in [9.17, 15) is 22.8 Å². The van der Waals surface area contributed by atoms with E-state index in [-0.39, 0.29) is 35.8 Å². The van der Waals surface area contributed by atoms with Gasteiger partial charge in [-0.3, -0.25) is 14.3 Å². The predicted molar refractivity (Wildman–Crippen MR) is 121 cm³/mol. The van der Waals surface area contributed by atoms with Gasteiger partial charge in [0.25, 0.3) is 11.8 Å². The zero-order valence-electron chi connectivity index (χ0n) is 18.6. The molecule has 1 aliphatic carbocycles. The van der Waals surface area contributed by atoms with Crippen molar-refractivity contribution in [1.29, 1.82) is 5.26 Å². The van der Waals surface area contributed by atoms with Crippen molar-refractivity contribution < 1.29 is 22.8 Å². The van der Waals surface area contributed by atoms with Crippen molar-refractivity contribution in [3.05, 3.63) is 77.1 Å². The molecule has 1 fully saturated rings. The third-order valence-corrected chi connectivity index (χ3v) is 6.40. The molecule has 2 aliphatic rings. The number of anilines is 2. The van der Waals surface area contributed by atoms with Gasteiger partial charge in [-0.1, -0.05) is 18.2 Å². The third kappa shape index (κ3) is 3.73. The average Bonchev–Trinajstić information content (AvgIpc) is 3.49. The van der Waals surface area contributed by atoms with E-state index in [4.69, 9.17) is 5.26 Å². The van der Waals surface area contributed by atoms with Crippen molar-refractivity contribution in [3.8, 4) is 6.07 Å². The molecule has 0 saturated heterocycles. The quantitative estimate of drug-likeness (QED) is 0.577. The van der Waals surface area contributed by atoms with Crippen LogP contribution in [0.4, 0.5) is 24.5 Å². The number of aromatic nitrogens is 2. The fraction of sp³-hybridized carbons (Fsp3) is 0.280. The maximum absolute atomic E-state index is 14.4. The molecule has 10 heteroatoms. The maximum atomic E-state index is 14.4. The number of nitrogens with one attached hydrogen (secondary N) is 1. The second kappa shape index (κ2) is 7.98. The van der Waals surface area contributed by atoms with Gasteiger partial charge in [0, 0.05) is 16.8 Å². The van der Waals surface area contributed by atoms with Crippen molar-refractivity contribution in [2.24, 2.45) is 0 Å². The summed E-state index contributed by atoms with van der Waals surface area (Å²) in [7, 11) is 0. The van der Waals surface area contributed by atoms with Crippen LogP contribution in [0.1, 0.15) is 51.7 Å². The number of alkyl halides is 3. The van der Waals surface area contributed by atoms with Crippen molar-refractivity contribution in [1.82, 2.24) is 9.78 Å². The highest BCUT2D eigenvalue weighted by Crippen LogP contribution is 2.56. The number of carbonyl (C=O) groups excluding carboxylic acids is 2. The van der Waals surface area contributed by atoms with E-state index in [1.807, 2.05) is 6.07 Å². The second-order valence-electron chi connectivity index (χ2n) is 8.85. The van der Waals surface area contributed by atoms with Crippen LogP contribution in [0, 0.1) is 11.3 Å². The molecule has 1 N–H and O–H groups in total. The molecule has 35 heavy (non-hydrogen) atoms. The zero-order chi connectivity index (χ0) is 25.0. The van der Waals surface area contributed by atoms with Gasteiger partial charge in [-0.05, 0) is 50.1 Å². The molecule has 1 aromatic heterocycles. The van der Waals surface area contributed by atoms with Crippen LogP contribution in [-0.2, 0) is 12.5 Å². The molecule has 0 bridgehead atoms. The van der Waals surface area contributed by atoms with Crippen LogP contribution < -0.4 is 10.2 Å². The topological polar surface area (TPSA) is 91.0 Å². The first kappa shape index (κ1) is 22.7. The van der Waals surface area contributed by atoms with E-state index in [0.717, 1.165) is 12.1 Å². The van der Waals surface area contributed by atoms with Gasteiger partial charge in [0.15, 0.2) is 5.67 Å². The Morgan fingerprint density at radius 2 is 1.94 bits per heavy atom. The fourth-order valence-electron chi connectivity index (χ4n) is 4.30. The number of fused-ring (bicyclic) bond motifs is 1. The lowest BCUT2D eigenvalue weighted by molar-refractivity contribution is -0.0939. The first-order chi connectivity index (χ1) is 16.6. The Balaban J connectivity index is 1.41. The van der Waals surface area contributed by atoms with Gasteiger partial charge < -0.3 is 10.2 Å². The molecule has 1 aliphatic heterocycles. The Bertz CT molecular complexity index is 1370. The number of carbonyl (C=O) groups is 2. The molecule has 0 spiro atoms. The van der Waals surface area contributed by atoms with Gasteiger partial charge in [0.2, 0.25) is 0 Å². The Labute approximate surface area is 198 Å². The second-order valence-corrected chi connectivity index (χ2v) is 8.85. The minimum atomic E-state index is -3.60. The van der Waals surface area contributed by atoms with Crippen LogP contribution in [0.3, 0.4) is 0 Å². The minimum absolute atomic E-state index is 0.142. The van der Waals surface area contributed by atoms with Crippen molar-refractivity contribution in [3.63, 3.8) is 0 Å². The Kier molecular flexibility index (Phi) is 5.16. The number of halogens is 3. The highest BCUT2D eigenvalue weighted by atomic mass is 19.3. The largest absolute Gasteiger partial charge is 0.319 e. The molecule has 0 radical (unpaired) electrons. The molecule has 2 heterocycles. The van der Waals surface area contributed by atoms with E-state index >= 15 is 0 Å². The van der Waals surface area contributed by atoms with E-state index in [0.29, 0.717) is 17.8 Å². The van der Waals surface area contributed by atoms with Crippen molar-refractivity contribution in [2.75, 3.05) is 10.2 Å². The average molecular weight is 479 g/mol. The number of amides is 2. The third-order valence-electron chi connectivity index (χ3n) is 6.40. The summed E-state index contributed by atoms with van der Waals surface area (Å²) in [5.41, 5.74) is -1.67. The van der Waals surface area contributed by atoms with Gasteiger partial charge in [-0.25, -0.2) is 4.39 Å². The number of hydrogen-bond donors (Lipinski definition) is 1. The molecular weight excluding hydrogens is 459 g/mol. The van der Waals surface area contributed by atoms with Crippen LogP contribution in [0.2, 0.25) is 0 Å². The van der Waals surface area contributed by atoms with Crippen LogP contribution in [0.15, 0.2) is 54.7 Å². The summed E-state index contributed by atoms with van der Waals surface area (Å²) in [6.45, 7) is 2.10. The molecule has 3 aromatic rings. The molecule has 1 unspecified atom stereocenters. The van der Waals surface area contributed by atoms with Gasteiger partial charge in [-0.2, -0.15) is 19.1 Å². The van der Waals surface area contributed by atoms with E-state index in [1.54, 1.807) is 25.1 Å². The van der Waals surface area contributed by atoms with Crippen LogP contribution in [0.25, 0.3) is 0 Å². The lowest BCUT2D eigenvalue weighted by atomic mass is 10.0. The number of nitrogens with zero attached hydrogens (tertiary/aromatic N) is 4. The molecule has 1 atom stereocenters. The van der Waals surface area contributed by atoms with Crippen molar-refractivity contribution in [2.45, 2.75) is 43.9 Å². The molecule has 7 nitrogen and oxygen atoms in total. The number of hydrogen-bond acceptors (Lipinski definition) is 4. The standard InChI is InChI=1S/C25H20F3N5O2/c1-15-14-32-21(20(13-30-32)31-22(34)17-4-2-3-16(11-17)12-29)23(35)33(15)19-7-5-18(6-8-19)25(27,28)24(26)9-10-24/h2-8,11,13,15H,9-10,14H2,1H3,(H,31,34). The first-order valence-corrected chi connectivity index (χ1v) is 11.0. The van der Waals surface area contributed by atoms with Crippen LogP contribution in [0.5, 0.6) is 0 Å².